The van der Waals surface area contributed by atoms with Gasteiger partial charge in [-0.05, 0) is 13.3 Å². The van der Waals surface area contributed by atoms with Crippen LogP contribution in [-0.4, -0.2) is 19.1 Å². The summed E-state index contributed by atoms with van der Waals surface area (Å²) < 4.78 is 3.24. The average molecular weight is 251 g/mol. The van der Waals surface area contributed by atoms with Crippen molar-refractivity contribution < 1.29 is 0 Å². The summed E-state index contributed by atoms with van der Waals surface area (Å²) in [6, 6.07) is 0. The summed E-state index contributed by atoms with van der Waals surface area (Å²) in [6.45, 7) is 5.23. The Balaban J connectivity index is 2.91. The van der Waals surface area contributed by atoms with Gasteiger partial charge in [0.25, 0.3) is 5.56 Å². The third-order valence-corrected chi connectivity index (χ3v) is 2.91. The second-order valence-corrected chi connectivity index (χ2v) is 4.06. The smallest absolute Gasteiger partial charge is 0.324 e. The van der Waals surface area contributed by atoms with E-state index in [0.29, 0.717) is 30.1 Å². The van der Waals surface area contributed by atoms with Gasteiger partial charge in [0.15, 0.2) is 11.2 Å². The monoisotopic (exact) mass is 251 g/mol. The minimum atomic E-state index is -0.418. The molecule has 7 heteroatoms. The standard InChI is InChI=1S/C11H17N5O2/c1-3-5-16-9-8(10(17)14-11(16)18)15(4-2)7(6-12)13-9/h3-6,12H2,1-2H3,(H,14,17,18). The molecule has 2 aromatic rings. The molecule has 0 aliphatic rings. The minimum absolute atomic E-state index is 0.238. The molecule has 0 atom stereocenters. The number of hydrogen-bond donors (Lipinski definition) is 2. The summed E-state index contributed by atoms with van der Waals surface area (Å²) in [4.78, 5) is 30.3. The molecule has 18 heavy (non-hydrogen) atoms. The van der Waals surface area contributed by atoms with Crippen LogP contribution in [0, 0.1) is 0 Å². The number of rotatable bonds is 4. The molecule has 0 radical (unpaired) electrons. The van der Waals surface area contributed by atoms with Gasteiger partial charge in [-0.2, -0.15) is 0 Å². The van der Waals surface area contributed by atoms with Gasteiger partial charge in [-0.3, -0.25) is 14.3 Å². The summed E-state index contributed by atoms with van der Waals surface area (Å²) in [6.07, 6.45) is 0.790. The van der Waals surface area contributed by atoms with Crippen LogP contribution in [0.2, 0.25) is 0 Å². The van der Waals surface area contributed by atoms with Crippen molar-refractivity contribution in [3.8, 4) is 0 Å². The first-order chi connectivity index (χ1) is 8.63. The van der Waals surface area contributed by atoms with Crippen LogP contribution in [0.3, 0.4) is 0 Å². The number of aromatic nitrogens is 4. The molecular formula is C11H17N5O2. The topological polar surface area (TPSA) is 98.7 Å². The number of hydrogen-bond acceptors (Lipinski definition) is 4. The molecule has 98 valence electrons. The molecule has 0 aromatic carbocycles. The number of nitrogens with zero attached hydrogens (tertiary/aromatic N) is 3. The number of H-pyrrole nitrogens is 1. The normalized spacial score (nSPS) is 11.3. The first-order valence-corrected chi connectivity index (χ1v) is 6.06. The van der Waals surface area contributed by atoms with Crippen molar-refractivity contribution in [3.05, 3.63) is 26.7 Å². The Morgan fingerprint density at radius 3 is 2.56 bits per heavy atom. The van der Waals surface area contributed by atoms with Gasteiger partial charge in [0.1, 0.15) is 5.82 Å². The van der Waals surface area contributed by atoms with Crippen molar-refractivity contribution in [2.45, 2.75) is 39.9 Å². The van der Waals surface area contributed by atoms with Crippen LogP contribution >= 0.6 is 0 Å². The van der Waals surface area contributed by atoms with Crippen molar-refractivity contribution >= 4 is 11.2 Å². The fourth-order valence-electron chi connectivity index (χ4n) is 2.15. The summed E-state index contributed by atoms with van der Waals surface area (Å²) in [5, 5.41) is 0. The van der Waals surface area contributed by atoms with E-state index in [4.69, 9.17) is 5.73 Å². The molecule has 0 aliphatic carbocycles. The van der Waals surface area contributed by atoms with Gasteiger partial charge in [-0.1, -0.05) is 6.92 Å². The van der Waals surface area contributed by atoms with E-state index in [1.54, 1.807) is 4.57 Å². The van der Waals surface area contributed by atoms with Crippen molar-refractivity contribution in [2.24, 2.45) is 5.73 Å². The van der Waals surface area contributed by atoms with Gasteiger partial charge < -0.3 is 10.3 Å². The fourth-order valence-corrected chi connectivity index (χ4v) is 2.15. The van der Waals surface area contributed by atoms with Crippen LogP contribution in [0.4, 0.5) is 0 Å². The molecule has 0 fully saturated rings. The molecule has 0 amide bonds. The van der Waals surface area contributed by atoms with Gasteiger partial charge >= 0.3 is 5.69 Å². The molecule has 0 unspecified atom stereocenters. The Morgan fingerprint density at radius 1 is 1.28 bits per heavy atom. The van der Waals surface area contributed by atoms with Crippen LogP contribution in [0.5, 0.6) is 0 Å². The van der Waals surface area contributed by atoms with E-state index in [1.807, 2.05) is 13.8 Å². The van der Waals surface area contributed by atoms with Gasteiger partial charge in [0, 0.05) is 13.1 Å². The quantitative estimate of drug-likeness (QED) is 0.784. The minimum Gasteiger partial charge on any atom is -0.324 e. The number of imidazole rings is 1. The maximum absolute atomic E-state index is 11.9. The Bertz CT molecular complexity index is 679. The first kappa shape index (κ1) is 12.6. The molecule has 2 aromatic heterocycles. The Kier molecular flexibility index (Phi) is 3.33. The summed E-state index contributed by atoms with van der Waals surface area (Å²) in [7, 11) is 0. The highest BCUT2D eigenvalue weighted by Gasteiger charge is 2.16. The van der Waals surface area contributed by atoms with E-state index < -0.39 is 11.2 Å². The van der Waals surface area contributed by atoms with Crippen LogP contribution < -0.4 is 17.0 Å². The first-order valence-electron chi connectivity index (χ1n) is 6.06. The summed E-state index contributed by atoms with van der Waals surface area (Å²) >= 11 is 0. The lowest BCUT2D eigenvalue weighted by molar-refractivity contribution is 0.651. The predicted molar refractivity (Wildman–Crippen MR) is 68.5 cm³/mol. The van der Waals surface area contributed by atoms with Crippen molar-refractivity contribution in [2.75, 3.05) is 0 Å². The van der Waals surface area contributed by atoms with Gasteiger partial charge in [-0.15, -0.1) is 0 Å². The lowest BCUT2D eigenvalue weighted by atomic mass is 10.4. The van der Waals surface area contributed by atoms with Crippen LogP contribution in [0.25, 0.3) is 11.2 Å². The number of aromatic amines is 1. The number of nitrogens with one attached hydrogen (secondary N) is 1. The van der Waals surface area contributed by atoms with Crippen molar-refractivity contribution in [1.29, 1.82) is 0 Å². The van der Waals surface area contributed by atoms with E-state index in [1.165, 1.54) is 4.57 Å². The molecule has 2 rings (SSSR count). The van der Waals surface area contributed by atoms with E-state index in [-0.39, 0.29) is 6.54 Å². The second kappa shape index (κ2) is 4.77. The third-order valence-electron chi connectivity index (χ3n) is 2.91. The lowest BCUT2D eigenvalue weighted by Gasteiger charge is -2.05. The van der Waals surface area contributed by atoms with E-state index >= 15 is 0 Å². The SMILES string of the molecule is CCCn1c(=O)[nH]c(=O)c2c1nc(CN)n2CC. The largest absolute Gasteiger partial charge is 0.330 e. The number of aryl methyl sites for hydroxylation is 2. The lowest BCUT2D eigenvalue weighted by Crippen LogP contribution is -2.31. The van der Waals surface area contributed by atoms with Gasteiger partial charge in [0.2, 0.25) is 0 Å². The summed E-state index contributed by atoms with van der Waals surface area (Å²) in [5.74, 6) is 0.619. The highest BCUT2D eigenvalue weighted by Crippen LogP contribution is 2.11. The molecule has 0 aliphatic heterocycles. The molecule has 0 saturated heterocycles. The average Bonchev–Trinajstić information content (AvgIpc) is 2.73. The van der Waals surface area contributed by atoms with E-state index in [9.17, 15) is 9.59 Å². The van der Waals surface area contributed by atoms with Crippen molar-refractivity contribution in [3.63, 3.8) is 0 Å². The Labute approximate surface area is 103 Å². The van der Waals surface area contributed by atoms with Gasteiger partial charge in [-0.25, -0.2) is 9.78 Å². The number of fused-ring (bicyclic) bond motifs is 1. The molecule has 0 saturated carbocycles. The predicted octanol–water partition coefficient (Wildman–Crippen LogP) is -0.225. The zero-order valence-electron chi connectivity index (χ0n) is 10.6. The maximum atomic E-state index is 11.9. The molecular weight excluding hydrogens is 234 g/mol. The third kappa shape index (κ3) is 1.76. The zero-order chi connectivity index (χ0) is 13.3. The molecule has 7 nitrogen and oxygen atoms in total. The van der Waals surface area contributed by atoms with Crippen LogP contribution in [-0.2, 0) is 19.6 Å². The fraction of sp³-hybridized carbons (Fsp3) is 0.545. The second-order valence-electron chi connectivity index (χ2n) is 4.06. The van der Waals surface area contributed by atoms with E-state index in [0.717, 1.165) is 6.42 Å². The molecule has 0 bridgehead atoms. The maximum Gasteiger partial charge on any atom is 0.330 e. The molecule has 2 heterocycles. The molecule has 3 N–H and O–H groups in total. The highest BCUT2D eigenvalue weighted by molar-refractivity contribution is 5.70. The Hall–Kier alpha value is -1.89. The van der Waals surface area contributed by atoms with Gasteiger partial charge in [0.05, 0.1) is 6.54 Å². The summed E-state index contributed by atoms with van der Waals surface area (Å²) in [5.41, 5.74) is 5.64. The molecule has 0 spiro atoms. The zero-order valence-corrected chi connectivity index (χ0v) is 10.6. The highest BCUT2D eigenvalue weighted by atomic mass is 16.2. The van der Waals surface area contributed by atoms with Crippen LogP contribution in [0.15, 0.2) is 9.59 Å². The van der Waals surface area contributed by atoms with Crippen LogP contribution in [0.1, 0.15) is 26.1 Å². The van der Waals surface area contributed by atoms with Crippen molar-refractivity contribution in [1.82, 2.24) is 19.1 Å². The van der Waals surface area contributed by atoms with E-state index in [2.05, 4.69) is 9.97 Å². The number of nitrogens with two attached hydrogens (primary N) is 1. The Morgan fingerprint density at radius 2 is 2.00 bits per heavy atom.